The first-order valence-electron chi connectivity index (χ1n) is 6.62. The van der Waals surface area contributed by atoms with E-state index in [2.05, 4.69) is 10.4 Å². The highest BCUT2D eigenvalue weighted by Crippen LogP contribution is 2.08. The van der Waals surface area contributed by atoms with Gasteiger partial charge in [0.05, 0.1) is 5.69 Å². The molecule has 112 valence electrons. The van der Waals surface area contributed by atoms with Gasteiger partial charge < -0.3 is 10.1 Å². The molecule has 1 aromatic rings. The van der Waals surface area contributed by atoms with E-state index in [1.54, 1.807) is 32.4 Å². The Morgan fingerprint density at radius 1 is 1.40 bits per heavy atom. The summed E-state index contributed by atoms with van der Waals surface area (Å²) in [5.74, 6) is -0.714. The Hall–Kier alpha value is -1.85. The molecule has 6 heteroatoms. The van der Waals surface area contributed by atoms with E-state index >= 15 is 0 Å². The fraction of sp³-hybridized carbons (Fsp3) is 0.643. The van der Waals surface area contributed by atoms with Crippen LogP contribution in [0.4, 0.5) is 0 Å². The van der Waals surface area contributed by atoms with E-state index < -0.39 is 17.6 Å². The third kappa shape index (κ3) is 5.03. The number of aryl methyl sites for hydroxylation is 2. The quantitative estimate of drug-likeness (QED) is 0.845. The molecular weight excluding hydrogens is 258 g/mol. The van der Waals surface area contributed by atoms with Crippen LogP contribution in [0.3, 0.4) is 0 Å². The van der Waals surface area contributed by atoms with Gasteiger partial charge in [-0.25, -0.2) is 4.79 Å². The predicted octanol–water partition coefficient (Wildman–Crippen LogP) is 1.35. The molecule has 0 unspecified atom stereocenters. The molecule has 0 aliphatic rings. The number of aromatic nitrogens is 2. The number of carbonyl (C=O) groups is 2. The molecule has 1 atom stereocenters. The molecule has 6 nitrogen and oxygen atoms in total. The number of hydrogen-bond donors (Lipinski definition) is 1. The number of carbonyl (C=O) groups excluding carboxylic acids is 2. The van der Waals surface area contributed by atoms with Gasteiger partial charge in [-0.15, -0.1) is 0 Å². The highest BCUT2D eigenvalue weighted by molar-refractivity contribution is 5.84. The zero-order valence-electron chi connectivity index (χ0n) is 13.0. The minimum Gasteiger partial charge on any atom is -0.458 e. The van der Waals surface area contributed by atoms with E-state index in [9.17, 15) is 9.59 Å². The molecule has 1 amide bonds. The number of hydrogen-bond acceptors (Lipinski definition) is 4. The van der Waals surface area contributed by atoms with E-state index in [-0.39, 0.29) is 12.5 Å². The first kappa shape index (κ1) is 16.2. The third-order valence-electron chi connectivity index (χ3n) is 2.53. The first-order valence-corrected chi connectivity index (χ1v) is 6.62. The van der Waals surface area contributed by atoms with Crippen LogP contribution >= 0.6 is 0 Å². The topological polar surface area (TPSA) is 73.2 Å². The monoisotopic (exact) mass is 281 g/mol. The first-order chi connectivity index (χ1) is 9.08. The van der Waals surface area contributed by atoms with Gasteiger partial charge in [0.25, 0.3) is 0 Å². The van der Waals surface area contributed by atoms with E-state index in [1.165, 1.54) is 0 Å². The summed E-state index contributed by atoms with van der Waals surface area (Å²) in [6.07, 6.45) is 0. The Morgan fingerprint density at radius 3 is 2.45 bits per heavy atom. The molecule has 1 heterocycles. The SMILES string of the molecule is Cc1cc(C)n(CC(=O)N[C@H](C)C(=O)OC(C)(C)C)n1. The second-order valence-electron chi connectivity index (χ2n) is 5.91. The highest BCUT2D eigenvalue weighted by atomic mass is 16.6. The highest BCUT2D eigenvalue weighted by Gasteiger charge is 2.23. The molecule has 0 saturated carbocycles. The molecule has 1 aromatic heterocycles. The summed E-state index contributed by atoms with van der Waals surface area (Å²) < 4.78 is 6.81. The van der Waals surface area contributed by atoms with Crippen molar-refractivity contribution in [2.75, 3.05) is 0 Å². The second-order valence-corrected chi connectivity index (χ2v) is 5.91. The molecule has 0 bridgehead atoms. The normalized spacial score (nSPS) is 12.9. The Balaban J connectivity index is 2.54. The minimum absolute atomic E-state index is 0.0901. The number of ether oxygens (including phenoxy) is 1. The van der Waals surface area contributed by atoms with Crippen molar-refractivity contribution in [3.8, 4) is 0 Å². The molecule has 0 aliphatic carbocycles. The summed E-state index contributed by atoms with van der Waals surface area (Å²) in [5.41, 5.74) is 1.20. The molecule has 0 aromatic carbocycles. The molecule has 20 heavy (non-hydrogen) atoms. The van der Waals surface area contributed by atoms with Crippen molar-refractivity contribution in [1.82, 2.24) is 15.1 Å². The average Bonchev–Trinajstić information content (AvgIpc) is 2.54. The Bertz CT molecular complexity index is 500. The Labute approximate surface area is 119 Å². The lowest BCUT2D eigenvalue weighted by Gasteiger charge is -2.22. The second kappa shape index (κ2) is 6.07. The third-order valence-corrected chi connectivity index (χ3v) is 2.53. The lowest BCUT2D eigenvalue weighted by atomic mass is 10.2. The van der Waals surface area contributed by atoms with Gasteiger partial charge in [-0.1, -0.05) is 0 Å². The summed E-state index contributed by atoms with van der Waals surface area (Å²) in [4.78, 5) is 23.6. The summed E-state index contributed by atoms with van der Waals surface area (Å²) in [7, 11) is 0. The molecule has 0 saturated heterocycles. The molecule has 0 radical (unpaired) electrons. The van der Waals surface area contributed by atoms with Gasteiger partial charge in [-0.2, -0.15) is 5.10 Å². The summed E-state index contributed by atoms with van der Waals surface area (Å²) >= 11 is 0. The maximum atomic E-state index is 11.9. The van der Waals surface area contributed by atoms with Gasteiger partial charge in [0, 0.05) is 5.69 Å². The molecule has 1 N–H and O–H groups in total. The largest absolute Gasteiger partial charge is 0.458 e. The van der Waals surface area contributed by atoms with Crippen LogP contribution < -0.4 is 5.32 Å². The van der Waals surface area contributed by atoms with Gasteiger partial charge in [0.1, 0.15) is 18.2 Å². The van der Waals surface area contributed by atoms with Crippen molar-refractivity contribution >= 4 is 11.9 Å². The van der Waals surface area contributed by atoms with Gasteiger partial charge >= 0.3 is 5.97 Å². The van der Waals surface area contributed by atoms with Crippen molar-refractivity contribution in [1.29, 1.82) is 0 Å². The van der Waals surface area contributed by atoms with E-state index in [4.69, 9.17) is 4.74 Å². The van der Waals surface area contributed by atoms with Crippen LogP contribution in [0.25, 0.3) is 0 Å². The Kier molecular flexibility index (Phi) is 4.92. The zero-order valence-corrected chi connectivity index (χ0v) is 13.0. The zero-order chi connectivity index (χ0) is 15.5. The summed E-state index contributed by atoms with van der Waals surface area (Å²) in [5, 5.41) is 6.81. The molecule has 1 rings (SSSR count). The molecule has 0 fully saturated rings. The number of nitrogens with zero attached hydrogens (tertiary/aromatic N) is 2. The van der Waals surface area contributed by atoms with Crippen LogP contribution in [0, 0.1) is 13.8 Å². The van der Waals surface area contributed by atoms with Crippen molar-refractivity contribution in [2.45, 2.75) is 59.7 Å². The van der Waals surface area contributed by atoms with Gasteiger partial charge in [-0.3, -0.25) is 9.48 Å². The van der Waals surface area contributed by atoms with Crippen molar-refractivity contribution in [3.63, 3.8) is 0 Å². The predicted molar refractivity (Wildman–Crippen MR) is 75.2 cm³/mol. The van der Waals surface area contributed by atoms with Crippen molar-refractivity contribution in [2.24, 2.45) is 0 Å². The maximum Gasteiger partial charge on any atom is 0.328 e. The molecule has 0 aliphatic heterocycles. The lowest BCUT2D eigenvalue weighted by molar-refractivity contribution is -0.158. The van der Waals surface area contributed by atoms with Gasteiger partial charge in [-0.05, 0) is 47.6 Å². The standard InChI is InChI=1S/C14H23N3O3/c1-9-7-10(2)17(16-9)8-12(18)15-11(3)13(19)20-14(4,5)6/h7,11H,8H2,1-6H3,(H,15,18)/t11-/m1/s1. The van der Waals surface area contributed by atoms with Gasteiger partial charge in [0.15, 0.2) is 0 Å². The fourth-order valence-electron chi connectivity index (χ4n) is 1.71. The average molecular weight is 281 g/mol. The molecule has 0 spiro atoms. The molecular formula is C14H23N3O3. The van der Waals surface area contributed by atoms with E-state index in [0.717, 1.165) is 11.4 Å². The van der Waals surface area contributed by atoms with Crippen LogP contribution in [0.15, 0.2) is 6.07 Å². The summed E-state index contributed by atoms with van der Waals surface area (Å²) in [6, 6.07) is 1.21. The number of rotatable bonds is 4. The van der Waals surface area contributed by atoms with Gasteiger partial charge in [0.2, 0.25) is 5.91 Å². The number of amides is 1. The lowest BCUT2D eigenvalue weighted by Crippen LogP contribution is -2.43. The smallest absolute Gasteiger partial charge is 0.328 e. The van der Waals surface area contributed by atoms with Crippen LogP contribution in [-0.2, 0) is 20.9 Å². The van der Waals surface area contributed by atoms with Crippen LogP contribution in [0.2, 0.25) is 0 Å². The van der Waals surface area contributed by atoms with E-state index in [0.29, 0.717) is 0 Å². The van der Waals surface area contributed by atoms with Crippen molar-refractivity contribution in [3.05, 3.63) is 17.5 Å². The van der Waals surface area contributed by atoms with Crippen LogP contribution in [0.5, 0.6) is 0 Å². The van der Waals surface area contributed by atoms with E-state index in [1.807, 2.05) is 19.9 Å². The number of esters is 1. The van der Waals surface area contributed by atoms with Crippen molar-refractivity contribution < 1.29 is 14.3 Å². The Morgan fingerprint density at radius 2 is 2.00 bits per heavy atom. The van der Waals surface area contributed by atoms with Crippen LogP contribution in [-0.4, -0.2) is 33.3 Å². The summed E-state index contributed by atoms with van der Waals surface area (Å²) in [6.45, 7) is 10.8. The van der Waals surface area contributed by atoms with Crippen LogP contribution in [0.1, 0.15) is 39.1 Å². The maximum absolute atomic E-state index is 11.9. The minimum atomic E-state index is -0.682. The fourth-order valence-corrected chi connectivity index (χ4v) is 1.71. The number of nitrogens with one attached hydrogen (secondary N) is 1.